The van der Waals surface area contributed by atoms with E-state index in [0.29, 0.717) is 38.3 Å². The van der Waals surface area contributed by atoms with Crippen LogP contribution in [-0.4, -0.2) is 31.1 Å². The van der Waals surface area contributed by atoms with E-state index in [0.717, 1.165) is 0 Å². The lowest BCUT2D eigenvalue weighted by molar-refractivity contribution is -0.143. The zero-order chi connectivity index (χ0) is 14.8. The van der Waals surface area contributed by atoms with Crippen LogP contribution in [0.25, 0.3) is 0 Å². The fraction of sp³-hybridized carbons (Fsp3) is 0.571. The summed E-state index contributed by atoms with van der Waals surface area (Å²) in [5, 5.41) is 5.83. The van der Waals surface area contributed by atoms with Gasteiger partial charge in [0.05, 0.1) is 25.5 Å². The maximum atomic E-state index is 11.8. The molecule has 1 rings (SSSR count). The molecule has 6 heteroatoms. The average Bonchev–Trinajstić information content (AvgIpc) is 2.94. The van der Waals surface area contributed by atoms with Gasteiger partial charge in [0.2, 0.25) is 5.91 Å². The Bertz CT molecular complexity index is 403. The van der Waals surface area contributed by atoms with Gasteiger partial charge in [-0.3, -0.25) is 9.59 Å². The largest absolute Gasteiger partial charge is 0.467 e. The Kier molecular flexibility index (Phi) is 7.42. The molecule has 1 atom stereocenters. The molecular weight excluding hydrogens is 260 g/mol. The molecule has 1 aromatic heterocycles. The van der Waals surface area contributed by atoms with Crippen LogP contribution in [0.5, 0.6) is 0 Å². The molecule has 112 valence electrons. The summed E-state index contributed by atoms with van der Waals surface area (Å²) >= 11 is 0. The second-order valence-corrected chi connectivity index (χ2v) is 4.38. The van der Waals surface area contributed by atoms with Crippen molar-refractivity contribution in [2.24, 2.45) is 0 Å². The number of carbonyl (C=O) groups excluding carboxylic acids is 2. The van der Waals surface area contributed by atoms with Gasteiger partial charge in [0, 0.05) is 6.42 Å². The molecule has 0 saturated heterocycles. The summed E-state index contributed by atoms with van der Waals surface area (Å²) in [7, 11) is 0. The summed E-state index contributed by atoms with van der Waals surface area (Å²) in [6, 6.07) is 3.27. The Morgan fingerprint density at radius 1 is 1.45 bits per heavy atom. The molecule has 6 nitrogen and oxygen atoms in total. The van der Waals surface area contributed by atoms with Crippen molar-refractivity contribution in [2.75, 3.05) is 13.2 Å². The van der Waals surface area contributed by atoms with Crippen LogP contribution >= 0.6 is 0 Å². The van der Waals surface area contributed by atoms with E-state index in [1.165, 1.54) is 0 Å². The number of rotatable bonds is 9. The molecule has 2 N–H and O–H groups in total. The number of ether oxygens (including phenoxy) is 1. The van der Waals surface area contributed by atoms with Crippen LogP contribution in [0.4, 0.5) is 0 Å². The molecule has 0 spiro atoms. The van der Waals surface area contributed by atoms with Crippen molar-refractivity contribution in [2.45, 2.75) is 39.3 Å². The summed E-state index contributed by atoms with van der Waals surface area (Å²) < 4.78 is 9.94. The average molecular weight is 282 g/mol. The van der Waals surface area contributed by atoms with E-state index in [9.17, 15) is 9.59 Å². The van der Waals surface area contributed by atoms with Crippen molar-refractivity contribution in [3.8, 4) is 0 Å². The summed E-state index contributed by atoms with van der Waals surface area (Å²) in [6.07, 6.45) is 2.58. The first-order valence-electron chi connectivity index (χ1n) is 6.82. The minimum absolute atomic E-state index is 0.0995. The molecule has 0 aliphatic rings. The van der Waals surface area contributed by atoms with Crippen molar-refractivity contribution in [3.05, 3.63) is 24.2 Å². The molecule has 0 bridgehead atoms. The molecule has 0 saturated carbocycles. The highest BCUT2D eigenvalue weighted by Crippen LogP contribution is 1.99. The second kappa shape index (κ2) is 9.14. The fourth-order valence-electron chi connectivity index (χ4n) is 1.62. The van der Waals surface area contributed by atoms with Crippen molar-refractivity contribution in [3.63, 3.8) is 0 Å². The summed E-state index contributed by atoms with van der Waals surface area (Å²) in [6.45, 7) is 4.93. The van der Waals surface area contributed by atoms with Gasteiger partial charge in [0.25, 0.3) is 0 Å². The number of nitrogens with one attached hydrogen (secondary N) is 2. The van der Waals surface area contributed by atoms with Crippen molar-refractivity contribution < 1.29 is 18.7 Å². The van der Waals surface area contributed by atoms with E-state index in [1.54, 1.807) is 32.2 Å². The summed E-state index contributed by atoms with van der Waals surface area (Å²) in [5.74, 6) is 0.412. The number of esters is 1. The molecule has 0 aromatic carbocycles. The van der Waals surface area contributed by atoms with Crippen LogP contribution in [-0.2, 0) is 20.9 Å². The topological polar surface area (TPSA) is 80.6 Å². The minimum Gasteiger partial charge on any atom is -0.467 e. The van der Waals surface area contributed by atoms with E-state index >= 15 is 0 Å². The molecule has 0 aliphatic heterocycles. The van der Waals surface area contributed by atoms with E-state index in [-0.39, 0.29) is 17.9 Å². The fourth-order valence-corrected chi connectivity index (χ4v) is 1.62. The first kappa shape index (κ1) is 16.2. The number of carbonyl (C=O) groups is 2. The second-order valence-electron chi connectivity index (χ2n) is 4.38. The Labute approximate surface area is 118 Å². The normalized spacial score (nSPS) is 11.9. The van der Waals surface area contributed by atoms with Crippen LogP contribution in [0.3, 0.4) is 0 Å². The molecule has 0 aliphatic carbocycles. The predicted molar refractivity (Wildman–Crippen MR) is 73.9 cm³/mol. The molecule has 1 aromatic rings. The quantitative estimate of drug-likeness (QED) is 0.526. The highest BCUT2D eigenvalue weighted by Gasteiger charge is 2.12. The molecule has 0 fully saturated rings. The Morgan fingerprint density at radius 3 is 2.90 bits per heavy atom. The van der Waals surface area contributed by atoms with E-state index in [1.807, 2.05) is 0 Å². The SMILES string of the molecule is CCOC(=O)CCCNC(C)C(=O)NCc1ccco1. The molecule has 1 heterocycles. The van der Waals surface area contributed by atoms with Crippen molar-refractivity contribution in [1.29, 1.82) is 0 Å². The van der Waals surface area contributed by atoms with Crippen LogP contribution in [0.15, 0.2) is 22.8 Å². The zero-order valence-corrected chi connectivity index (χ0v) is 12.0. The van der Waals surface area contributed by atoms with Gasteiger partial charge in [-0.1, -0.05) is 0 Å². The number of amides is 1. The van der Waals surface area contributed by atoms with Gasteiger partial charge in [0.15, 0.2) is 0 Å². The smallest absolute Gasteiger partial charge is 0.305 e. The van der Waals surface area contributed by atoms with E-state index in [4.69, 9.17) is 9.15 Å². The third-order valence-corrected chi connectivity index (χ3v) is 2.72. The van der Waals surface area contributed by atoms with Crippen molar-refractivity contribution >= 4 is 11.9 Å². The highest BCUT2D eigenvalue weighted by atomic mass is 16.5. The Balaban J connectivity index is 2.10. The lowest BCUT2D eigenvalue weighted by Crippen LogP contribution is -2.42. The van der Waals surface area contributed by atoms with Gasteiger partial charge in [-0.25, -0.2) is 0 Å². The van der Waals surface area contributed by atoms with E-state index < -0.39 is 0 Å². The van der Waals surface area contributed by atoms with Crippen molar-refractivity contribution in [1.82, 2.24) is 10.6 Å². The van der Waals surface area contributed by atoms with Crippen LogP contribution < -0.4 is 10.6 Å². The highest BCUT2D eigenvalue weighted by molar-refractivity contribution is 5.81. The molecule has 1 unspecified atom stereocenters. The number of hydrogen-bond acceptors (Lipinski definition) is 5. The lowest BCUT2D eigenvalue weighted by Gasteiger charge is -2.13. The van der Waals surface area contributed by atoms with Gasteiger partial charge in [-0.05, 0) is 38.9 Å². The first-order chi connectivity index (χ1) is 9.63. The standard InChI is InChI=1S/C14H22N2O4/c1-3-19-13(17)7-4-8-15-11(2)14(18)16-10-12-6-5-9-20-12/h5-6,9,11,15H,3-4,7-8,10H2,1-2H3,(H,16,18). The Morgan fingerprint density at radius 2 is 2.25 bits per heavy atom. The third kappa shape index (κ3) is 6.38. The third-order valence-electron chi connectivity index (χ3n) is 2.72. The number of hydrogen-bond donors (Lipinski definition) is 2. The molecule has 1 amide bonds. The first-order valence-corrected chi connectivity index (χ1v) is 6.82. The van der Waals surface area contributed by atoms with Gasteiger partial charge in [-0.15, -0.1) is 0 Å². The minimum atomic E-state index is -0.313. The number of furan rings is 1. The van der Waals surface area contributed by atoms with Gasteiger partial charge < -0.3 is 19.8 Å². The van der Waals surface area contributed by atoms with E-state index in [2.05, 4.69) is 10.6 Å². The molecule has 20 heavy (non-hydrogen) atoms. The van der Waals surface area contributed by atoms with Gasteiger partial charge in [-0.2, -0.15) is 0 Å². The molecule has 0 radical (unpaired) electrons. The summed E-state index contributed by atoms with van der Waals surface area (Å²) in [4.78, 5) is 22.9. The Hall–Kier alpha value is -1.82. The molecular formula is C14H22N2O4. The lowest BCUT2D eigenvalue weighted by atomic mass is 10.2. The van der Waals surface area contributed by atoms with Crippen LogP contribution in [0.2, 0.25) is 0 Å². The zero-order valence-electron chi connectivity index (χ0n) is 12.0. The van der Waals surface area contributed by atoms with Crippen LogP contribution in [0.1, 0.15) is 32.4 Å². The van der Waals surface area contributed by atoms with Crippen LogP contribution in [0, 0.1) is 0 Å². The maximum Gasteiger partial charge on any atom is 0.305 e. The van der Waals surface area contributed by atoms with Gasteiger partial charge in [0.1, 0.15) is 5.76 Å². The summed E-state index contributed by atoms with van der Waals surface area (Å²) in [5.41, 5.74) is 0. The predicted octanol–water partition coefficient (Wildman–Crippen LogP) is 1.22. The maximum absolute atomic E-state index is 11.8. The monoisotopic (exact) mass is 282 g/mol. The van der Waals surface area contributed by atoms with Gasteiger partial charge >= 0.3 is 5.97 Å².